The van der Waals surface area contributed by atoms with E-state index >= 15 is 0 Å². The molecular weight excluding hydrogens is 279 g/mol. The van der Waals surface area contributed by atoms with Crippen LogP contribution >= 0.6 is 34.5 Å². The van der Waals surface area contributed by atoms with Gasteiger partial charge in [0.05, 0.1) is 9.72 Å². The van der Waals surface area contributed by atoms with Gasteiger partial charge in [-0.2, -0.15) is 0 Å². The summed E-state index contributed by atoms with van der Waals surface area (Å²) in [5.41, 5.74) is 0.398. The lowest BCUT2D eigenvalue weighted by Gasteiger charge is -1.92. The maximum atomic E-state index is 11.0. The van der Waals surface area contributed by atoms with Gasteiger partial charge in [0.2, 0.25) is 4.34 Å². The van der Waals surface area contributed by atoms with Gasteiger partial charge < -0.3 is 0 Å². The molecule has 1 aromatic carbocycles. The standard InChI is InChI=1S/C7H4Cl2N2O2S2/c8-3-1-4(9)6-5(2-3)14-7(11-6)15(10,12)13/h1-2H,(H2,10,12,13). The number of rotatable bonds is 1. The fraction of sp³-hybridized carbons (Fsp3) is 0. The number of nitrogens with two attached hydrogens (primary N) is 1. The van der Waals surface area contributed by atoms with Crippen molar-refractivity contribution in [2.45, 2.75) is 4.34 Å². The maximum absolute atomic E-state index is 11.0. The van der Waals surface area contributed by atoms with Crippen LogP contribution in [0.25, 0.3) is 10.2 Å². The van der Waals surface area contributed by atoms with Gasteiger partial charge in [0.15, 0.2) is 0 Å². The molecule has 0 aliphatic rings. The van der Waals surface area contributed by atoms with Crippen molar-refractivity contribution in [1.29, 1.82) is 0 Å². The van der Waals surface area contributed by atoms with Gasteiger partial charge in [-0.15, -0.1) is 11.3 Å². The van der Waals surface area contributed by atoms with Gasteiger partial charge in [0.25, 0.3) is 10.0 Å². The van der Waals surface area contributed by atoms with Crippen LogP contribution in [0.5, 0.6) is 0 Å². The van der Waals surface area contributed by atoms with Crippen molar-refractivity contribution in [3.05, 3.63) is 22.2 Å². The first-order valence-corrected chi connectivity index (χ1v) is 6.78. The highest BCUT2D eigenvalue weighted by Gasteiger charge is 2.16. The lowest BCUT2D eigenvalue weighted by Crippen LogP contribution is -2.11. The minimum atomic E-state index is -3.79. The Bertz CT molecular complexity index is 636. The van der Waals surface area contributed by atoms with Gasteiger partial charge >= 0.3 is 0 Å². The average molecular weight is 283 g/mol. The van der Waals surface area contributed by atoms with Crippen molar-refractivity contribution in [2.24, 2.45) is 5.14 Å². The highest BCUT2D eigenvalue weighted by Crippen LogP contribution is 2.32. The number of halogens is 2. The van der Waals surface area contributed by atoms with Gasteiger partial charge in [-0.25, -0.2) is 18.5 Å². The first-order valence-electron chi connectivity index (χ1n) is 3.66. The molecule has 0 atom stereocenters. The largest absolute Gasteiger partial charge is 0.265 e. The third-order valence-corrected chi connectivity index (χ3v) is 4.47. The summed E-state index contributed by atoms with van der Waals surface area (Å²) < 4.78 is 22.5. The summed E-state index contributed by atoms with van der Waals surface area (Å²) in [4.78, 5) is 3.84. The van der Waals surface area contributed by atoms with E-state index in [9.17, 15) is 8.42 Å². The lowest BCUT2D eigenvalue weighted by molar-refractivity contribution is 0.597. The lowest BCUT2D eigenvalue weighted by atomic mass is 10.3. The van der Waals surface area contributed by atoms with Crippen LogP contribution in [0.15, 0.2) is 16.5 Å². The summed E-state index contributed by atoms with van der Waals surface area (Å²) >= 11 is 12.6. The fourth-order valence-corrected chi connectivity index (χ4v) is 3.43. The summed E-state index contributed by atoms with van der Waals surface area (Å²) in [6, 6.07) is 3.09. The molecule has 2 rings (SSSR count). The van der Waals surface area contributed by atoms with E-state index in [2.05, 4.69) is 4.98 Å². The summed E-state index contributed by atoms with van der Waals surface area (Å²) in [6.45, 7) is 0. The van der Waals surface area contributed by atoms with E-state index in [1.165, 1.54) is 6.07 Å². The van der Waals surface area contributed by atoms with E-state index in [0.29, 0.717) is 20.3 Å². The van der Waals surface area contributed by atoms with E-state index in [4.69, 9.17) is 28.3 Å². The Morgan fingerprint density at radius 2 is 2.00 bits per heavy atom. The second-order valence-electron chi connectivity index (χ2n) is 2.76. The Morgan fingerprint density at radius 1 is 1.33 bits per heavy atom. The Kier molecular flexibility index (Phi) is 2.64. The quantitative estimate of drug-likeness (QED) is 0.872. The van der Waals surface area contributed by atoms with Gasteiger partial charge in [-0.1, -0.05) is 23.2 Å². The molecule has 0 aliphatic carbocycles. The first kappa shape index (κ1) is 11.1. The minimum absolute atomic E-state index is 0.165. The predicted molar refractivity (Wildman–Crippen MR) is 61.0 cm³/mol. The molecule has 0 fully saturated rings. The Labute approximate surface area is 99.7 Å². The van der Waals surface area contributed by atoms with Crippen LogP contribution in [0, 0.1) is 0 Å². The van der Waals surface area contributed by atoms with E-state index in [1.54, 1.807) is 6.07 Å². The van der Waals surface area contributed by atoms with Gasteiger partial charge in [0, 0.05) is 5.02 Å². The molecule has 0 bridgehead atoms. The molecule has 8 heteroatoms. The average Bonchev–Trinajstić information content (AvgIpc) is 2.46. The van der Waals surface area contributed by atoms with Crippen molar-refractivity contribution in [3.63, 3.8) is 0 Å². The summed E-state index contributed by atoms with van der Waals surface area (Å²) in [6.07, 6.45) is 0. The number of aromatic nitrogens is 1. The number of benzene rings is 1. The zero-order valence-electron chi connectivity index (χ0n) is 7.07. The SMILES string of the molecule is NS(=O)(=O)c1nc2c(Cl)cc(Cl)cc2s1. The second-order valence-corrected chi connectivity index (χ2v) is 6.37. The van der Waals surface area contributed by atoms with Crippen LogP contribution in [0.1, 0.15) is 0 Å². The van der Waals surface area contributed by atoms with Crippen molar-refractivity contribution in [3.8, 4) is 0 Å². The molecule has 0 saturated carbocycles. The van der Waals surface area contributed by atoms with Crippen LogP contribution in [-0.4, -0.2) is 13.4 Å². The fourth-order valence-electron chi connectivity index (χ4n) is 1.06. The number of primary sulfonamides is 1. The van der Waals surface area contributed by atoms with Gasteiger partial charge in [-0.05, 0) is 12.1 Å². The molecular formula is C7H4Cl2N2O2S2. The predicted octanol–water partition coefficient (Wildman–Crippen LogP) is 2.25. The zero-order chi connectivity index (χ0) is 11.2. The number of nitrogens with zero attached hydrogens (tertiary/aromatic N) is 1. The third kappa shape index (κ3) is 2.09. The first-order chi connectivity index (χ1) is 6.88. The number of thiazole rings is 1. The van der Waals surface area contributed by atoms with E-state index in [0.717, 1.165) is 11.3 Å². The monoisotopic (exact) mass is 282 g/mol. The molecule has 0 unspecified atom stereocenters. The summed E-state index contributed by atoms with van der Waals surface area (Å²) in [5, 5.41) is 5.69. The van der Waals surface area contributed by atoms with E-state index < -0.39 is 10.0 Å². The molecule has 15 heavy (non-hydrogen) atoms. The number of fused-ring (bicyclic) bond motifs is 1. The van der Waals surface area contributed by atoms with Crippen molar-refractivity contribution >= 4 is 54.8 Å². The summed E-state index contributed by atoms with van der Waals surface area (Å²) in [5.74, 6) is 0. The second kappa shape index (κ2) is 3.57. The summed E-state index contributed by atoms with van der Waals surface area (Å²) in [7, 11) is -3.79. The topological polar surface area (TPSA) is 73.1 Å². The molecule has 2 aromatic rings. The Morgan fingerprint density at radius 3 is 2.60 bits per heavy atom. The van der Waals surface area contributed by atoms with Crippen molar-refractivity contribution in [2.75, 3.05) is 0 Å². The zero-order valence-corrected chi connectivity index (χ0v) is 10.2. The highest BCUT2D eigenvalue weighted by molar-refractivity contribution is 7.91. The smallest absolute Gasteiger partial charge is 0.223 e. The molecule has 0 saturated heterocycles. The van der Waals surface area contributed by atoms with Crippen molar-refractivity contribution < 1.29 is 8.42 Å². The molecule has 0 amide bonds. The normalized spacial score (nSPS) is 12.2. The van der Waals surface area contributed by atoms with Crippen LogP contribution in [-0.2, 0) is 10.0 Å². The highest BCUT2D eigenvalue weighted by atomic mass is 35.5. The number of hydrogen-bond acceptors (Lipinski definition) is 4. The minimum Gasteiger partial charge on any atom is -0.223 e. The van der Waals surface area contributed by atoms with Crippen molar-refractivity contribution in [1.82, 2.24) is 4.98 Å². The van der Waals surface area contributed by atoms with Crippen LogP contribution < -0.4 is 5.14 Å². The molecule has 2 N–H and O–H groups in total. The molecule has 0 spiro atoms. The third-order valence-electron chi connectivity index (χ3n) is 1.64. The molecule has 1 heterocycles. The van der Waals surface area contributed by atoms with E-state index in [1.807, 2.05) is 0 Å². The Balaban J connectivity index is 2.82. The molecule has 0 radical (unpaired) electrons. The molecule has 1 aromatic heterocycles. The molecule has 4 nitrogen and oxygen atoms in total. The Hall–Kier alpha value is -0.400. The maximum Gasteiger partial charge on any atom is 0.265 e. The molecule has 80 valence electrons. The van der Waals surface area contributed by atoms with Crippen LogP contribution in [0.2, 0.25) is 10.0 Å². The molecule has 0 aliphatic heterocycles. The van der Waals surface area contributed by atoms with Crippen LogP contribution in [0.4, 0.5) is 0 Å². The van der Waals surface area contributed by atoms with Gasteiger partial charge in [-0.3, -0.25) is 0 Å². The van der Waals surface area contributed by atoms with Gasteiger partial charge in [0.1, 0.15) is 5.52 Å². The van der Waals surface area contributed by atoms with Crippen LogP contribution in [0.3, 0.4) is 0 Å². The van der Waals surface area contributed by atoms with E-state index in [-0.39, 0.29) is 4.34 Å². The number of sulfonamides is 1. The number of hydrogen-bond donors (Lipinski definition) is 1.